The molecule has 1 aliphatic heterocycles. The summed E-state index contributed by atoms with van der Waals surface area (Å²) in [4.78, 5) is 14.4. The Bertz CT molecular complexity index is 375. The molecule has 2 heteroatoms. The SMILES string of the molecule is CCc1ccc(C(=O)N2CCCCCCC2)cc1. The molecule has 1 fully saturated rings. The Labute approximate surface area is 110 Å². The summed E-state index contributed by atoms with van der Waals surface area (Å²) in [6, 6.07) is 8.08. The summed E-state index contributed by atoms with van der Waals surface area (Å²) in [5.41, 5.74) is 2.13. The summed E-state index contributed by atoms with van der Waals surface area (Å²) in [5, 5.41) is 0. The number of amides is 1. The first kappa shape index (κ1) is 13.1. The Morgan fingerprint density at radius 2 is 1.56 bits per heavy atom. The van der Waals surface area contributed by atoms with E-state index in [2.05, 4.69) is 19.1 Å². The van der Waals surface area contributed by atoms with E-state index in [9.17, 15) is 4.79 Å². The van der Waals surface area contributed by atoms with Crippen LogP contribution in [0.25, 0.3) is 0 Å². The molecule has 0 unspecified atom stereocenters. The molecule has 1 heterocycles. The molecule has 1 aromatic rings. The molecule has 0 radical (unpaired) electrons. The number of rotatable bonds is 2. The van der Waals surface area contributed by atoms with Gasteiger partial charge >= 0.3 is 0 Å². The number of aryl methyl sites for hydroxylation is 1. The Hall–Kier alpha value is -1.31. The Balaban J connectivity index is 2.03. The molecule has 1 aromatic carbocycles. The average Bonchev–Trinajstić information content (AvgIpc) is 2.38. The lowest BCUT2D eigenvalue weighted by Crippen LogP contribution is -2.33. The van der Waals surface area contributed by atoms with Crippen molar-refractivity contribution in [2.24, 2.45) is 0 Å². The Morgan fingerprint density at radius 3 is 2.11 bits per heavy atom. The summed E-state index contributed by atoms with van der Waals surface area (Å²) in [5.74, 6) is 0.208. The van der Waals surface area contributed by atoms with Gasteiger partial charge in [0, 0.05) is 18.7 Å². The van der Waals surface area contributed by atoms with Crippen LogP contribution >= 0.6 is 0 Å². The highest BCUT2D eigenvalue weighted by Gasteiger charge is 2.16. The van der Waals surface area contributed by atoms with Crippen molar-refractivity contribution in [1.29, 1.82) is 0 Å². The largest absolute Gasteiger partial charge is 0.339 e. The van der Waals surface area contributed by atoms with Crippen molar-refractivity contribution in [3.8, 4) is 0 Å². The van der Waals surface area contributed by atoms with Gasteiger partial charge in [0.15, 0.2) is 0 Å². The van der Waals surface area contributed by atoms with Crippen molar-refractivity contribution in [3.63, 3.8) is 0 Å². The van der Waals surface area contributed by atoms with E-state index >= 15 is 0 Å². The Morgan fingerprint density at radius 1 is 1.00 bits per heavy atom. The van der Waals surface area contributed by atoms with Gasteiger partial charge in [-0.05, 0) is 37.0 Å². The van der Waals surface area contributed by atoms with E-state index in [-0.39, 0.29) is 5.91 Å². The lowest BCUT2D eigenvalue weighted by Gasteiger charge is -2.24. The molecule has 0 aliphatic carbocycles. The van der Waals surface area contributed by atoms with Crippen molar-refractivity contribution in [2.75, 3.05) is 13.1 Å². The molecular weight excluding hydrogens is 222 g/mol. The van der Waals surface area contributed by atoms with Gasteiger partial charge < -0.3 is 4.90 Å². The molecule has 1 saturated heterocycles. The molecule has 0 aromatic heterocycles. The summed E-state index contributed by atoms with van der Waals surface area (Å²) in [7, 11) is 0. The molecule has 0 spiro atoms. The lowest BCUT2D eigenvalue weighted by molar-refractivity contribution is 0.0742. The number of hydrogen-bond donors (Lipinski definition) is 0. The maximum Gasteiger partial charge on any atom is 0.253 e. The first-order chi connectivity index (χ1) is 8.81. The topological polar surface area (TPSA) is 20.3 Å². The van der Waals surface area contributed by atoms with E-state index in [1.807, 2.05) is 17.0 Å². The molecule has 0 atom stereocenters. The average molecular weight is 245 g/mol. The maximum absolute atomic E-state index is 12.4. The van der Waals surface area contributed by atoms with Gasteiger partial charge in [-0.2, -0.15) is 0 Å². The number of benzene rings is 1. The number of carbonyl (C=O) groups excluding carboxylic acids is 1. The fraction of sp³-hybridized carbons (Fsp3) is 0.562. The van der Waals surface area contributed by atoms with Gasteiger partial charge in [-0.3, -0.25) is 4.79 Å². The van der Waals surface area contributed by atoms with E-state index in [4.69, 9.17) is 0 Å². The van der Waals surface area contributed by atoms with Crippen LogP contribution in [-0.4, -0.2) is 23.9 Å². The molecule has 1 aliphatic rings. The summed E-state index contributed by atoms with van der Waals surface area (Å²) in [6.45, 7) is 3.98. The molecule has 2 rings (SSSR count). The summed E-state index contributed by atoms with van der Waals surface area (Å²) in [6.07, 6.45) is 7.18. The van der Waals surface area contributed by atoms with Gasteiger partial charge in [-0.1, -0.05) is 38.3 Å². The van der Waals surface area contributed by atoms with Crippen molar-refractivity contribution in [1.82, 2.24) is 4.90 Å². The van der Waals surface area contributed by atoms with Crippen molar-refractivity contribution in [3.05, 3.63) is 35.4 Å². The monoisotopic (exact) mass is 245 g/mol. The van der Waals surface area contributed by atoms with Crippen LogP contribution in [0.1, 0.15) is 54.9 Å². The number of nitrogens with zero attached hydrogens (tertiary/aromatic N) is 1. The zero-order valence-corrected chi connectivity index (χ0v) is 11.3. The second kappa shape index (κ2) is 6.58. The standard InChI is InChI=1S/C16H23NO/c1-2-14-8-10-15(11-9-14)16(18)17-12-6-4-3-5-7-13-17/h8-11H,2-7,12-13H2,1H3. The molecule has 2 nitrogen and oxygen atoms in total. The van der Waals surface area contributed by atoms with Gasteiger partial charge in [-0.15, -0.1) is 0 Å². The lowest BCUT2D eigenvalue weighted by atomic mass is 10.1. The zero-order chi connectivity index (χ0) is 12.8. The van der Waals surface area contributed by atoms with Gasteiger partial charge in [0.25, 0.3) is 5.91 Å². The zero-order valence-electron chi connectivity index (χ0n) is 11.3. The van der Waals surface area contributed by atoms with Gasteiger partial charge in [-0.25, -0.2) is 0 Å². The van der Waals surface area contributed by atoms with Gasteiger partial charge in [0.1, 0.15) is 0 Å². The minimum Gasteiger partial charge on any atom is -0.339 e. The highest BCUT2D eigenvalue weighted by Crippen LogP contribution is 2.14. The van der Waals surface area contributed by atoms with Crippen molar-refractivity contribution >= 4 is 5.91 Å². The quantitative estimate of drug-likeness (QED) is 0.778. The van der Waals surface area contributed by atoms with Crippen molar-refractivity contribution < 1.29 is 4.79 Å². The second-order valence-electron chi connectivity index (χ2n) is 5.11. The molecular formula is C16H23NO. The molecule has 18 heavy (non-hydrogen) atoms. The Kier molecular flexibility index (Phi) is 4.80. The van der Waals surface area contributed by atoms with E-state index in [0.29, 0.717) is 0 Å². The van der Waals surface area contributed by atoms with Gasteiger partial charge in [0.2, 0.25) is 0 Å². The number of likely N-dealkylation sites (tertiary alicyclic amines) is 1. The van der Waals surface area contributed by atoms with E-state index in [1.165, 1.54) is 24.8 Å². The third kappa shape index (κ3) is 3.34. The minimum atomic E-state index is 0.208. The van der Waals surface area contributed by atoms with Crippen LogP contribution in [-0.2, 0) is 6.42 Å². The van der Waals surface area contributed by atoms with E-state index in [0.717, 1.165) is 37.9 Å². The van der Waals surface area contributed by atoms with Crippen LogP contribution in [0.15, 0.2) is 24.3 Å². The highest BCUT2D eigenvalue weighted by molar-refractivity contribution is 5.94. The highest BCUT2D eigenvalue weighted by atomic mass is 16.2. The fourth-order valence-electron chi connectivity index (χ4n) is 2.52. The fourth-order valence-corrected chi connectivity index (χ4v) is 2.52. The van der Waals surface area contributed by atoms with Crippen LogP contribution in [0, 0.1) is 0 Å². The van der Waals surface area contributed by atoms with E-state index in [1.54, 1.807) is 0 Å². The second-order valence-corrected chi connectivity index (χ2v) is 5.11. The maximum atomic E-state index is 12.4. The van der Waals surface area contributed by atoms with Crippen LogP contribution in [0.2, 0.25) is 0 Å². The van der Waals surface area contributed by atoms with Crippen molar-refractivity contribution in [2.45, 2.75) is 45.4 Å². The smallest absolute Gasteiger partial charge is 0.253 e. The van der Waals surface area contributed by atoms with Gasteiger partial charge in [0.05, 0.1) is 0 Å². The third-order valence-corrected chi connectivity index (χ3v) is 3.75. The minimum absolute atomic E-state index is 0.208. The predicted molar refractivity (Wildman–Crippen MR) is 74.8 cm³/mol. The van der Waals surface area contributed by atoms with Crippen LogP contribution in [0.5, 0.6) is 0 Å². The molecule has 0 N–H and O–H groups in total. The summed E-state index contributed by atoms with van der Waals surface area (Å²) >= 11 is 0. The molecule has 0 saturated carbocycles. The predicted octanol–water partition coefficient (Wildman–Crippen LogP) is 3.66. The molecule has 1 amide bonds. The number of hydrogen-bond acceptors (Lipinski definition) is 1. The van der Waals surface area contributed by atoms with E-state index < -0.39 is 0 Å². The number of carbonyl (C=O) groups is 1. The van der Waals surface area contributed by atoms with Crippen LogP contribution in [0.3, 0.4) is 0 Å². The summed E-state index contributed by atoms with van der Waals surface area (Å²) < 4.78 is 0. The first-order valence-corrected chi connectivity index (χ1v) is 7.19. The van der Waals surface area contributed by atoms with Crippen LogP contribution < -0.4 is 0 Å². The van der Waals surface area contributed by atoms with Crippen LogP contribution in [0.4, 0.5) is 0 Å². The molecule has 98 valence electrons. The third-order valence-electron chi connectivity index (χ3n) is 3.75. The first-order valence-electron chi connectivity index (χ1n) is 7.19. The molecule has 0 bridgehead atoms. The normalized spacial score (nSPS) is 17.1.